The van der Waals surface area contributed by atoms with Crippen LogP contribution in [0.25, 0.3) is 0 Å². The number of aryl methyl sites for hydroxylation is 1. The highest BCUT2D eigenvalue weighted by Gasteiger charge is 2.06. The summed E-state index contributed by atoms with van der Waals surface area (Å²) in [4.78, 5) is 24.2. The molecule has 3 nitrogen and oxygen atoms in total. The fourth-order valence-corrected chi connectivity index (χ4v) is 2.68. The van der Waals surface area contributed by atoms with Crippen molar-refractivity contribution in [3.8, 4) is 0 Å². The Hall–Kier alpha value is -2.07. The fraction of sp³-hybridized carbons (Fsp3) is 0.176. The lowest BCUT2D eigenvalue weighted by molar-refractivity contribution is -0.113. The molecule has 0 bridgehead atoms. The van der Waals surface area contributed by atoms with Crippen LogP contribution in [-0.2, 0) is 4.79 Å². The summed E-state index contributed by atoms with van der Waals surface area (Å²) in [7, 11) is 0. The quantitative estimate of drug-likeness (QED) is 0.672. The van der Waals surface area contributed by atoms with E-state index in [-0.39, 0.29) is 11.7 Å². The first-order valence-electron chi connectivity index (χ1n) is 6.65. The van der Waals surface area contributed by atoms with E-state index in [4.69, 9.17) is 0 Å². The van der Waals surface area contributed by atoms with Crippen LogP contribution in [0.1, 0.15) is 22.8 Å². The summed E-state index contributed by atoms with van der Waals surface area (Å²) in [5.41, 5.74) is 2.51. The third-order valence-corrected chi connectivity index (χ3v) is 4.20. The van der Waals surface area contributed by atoms with Gasteiger partial charge in [0.2, 0.25) is 5.91 Å². The zero-order valence-corrected chi connectivity index (χ0v) is 12.9. The molecule has 1 N–H and O–H groups in total. The number of benzene rings is 2. The molecule has 0 saturated heterocycles. The average molecular weight is 299 g/mol. The van der Waals surface area contributed by atoms with E-state index in [2.05, 4.69) is 5.32 Å². The highest BCUT2D eigenvalue weighted by molar-refractivity contribution is 8.00. The van der Waals surface area contributed by atoms with Gasteiger partial charge in [0.15, 0.2) is 5.78 Å². The Bertz CT molecular complexity index is 650. The van der Waals surface area contributed by atoms with Crippen LogP contribution in [0.4, 0.5) is 5.69 Å². The smallest absolute Gasteiger partial charge is 0.234 e. The van der Waals surface area contributed by atoms with E-state index in [9.17, 15) is 9.59 Å². The summed E-state index contributed by atoms with van der Waals surface area (Å²) in [6, 6.07) is 14.9. The Balaban J connectivity index is 1.90. The van der Waals surface area contributed by atoms with Crippen LogP contribution < -0.4 is 5.32 Å². The van der Waals surface area contributed by atoms with Crippen molar-refractivity contribution in [2.24, 2.45) is 0 Å². The number of hydrogen-bond acceptors (Lipinski definition) is 3. The number of ketones is 1. The van der Waals surface area contributed by atoms with E-state index in [1.54, 1.807) is 24.3 Å². The SMILES string of the molecule is CC(=O)c1ccc(NC(=O)CSc2ccccc2C)cc1. The minimum absolute atomic E-state index is 0.0167. The summed E-state index contributed by atoms with van der Waals surface area (Å²) in [5, 5.41) is 2.83. The highest BCUT2D eigenvalue weighted by Crippen LogP contribution is 2.22. The molecule has 0 aromatic heterocycles. The number of anilines is 1. The van der Waals surface area contributed by atoms with Crippen LogP contribution >= 0.6 is 11.8 Å². The summed E-state index contributed by atoms with van der Waals surface area (Å²) >= 11 is 1.52. The monoisotopic (exact) mass is 299 g/mol. The summed E-state index contributed by atoms with van der Waals surface area (Å²) < 4.78 is 0. The molecule has 2 rings (SSSR count). The maximum Gasteiger partial charge on any atom is 0.234 e. The van der Waals surface area contributed by atoms with Gasteiger partial charge in [0.1, 0.15) is 0 Å². The van der Waals surface area contributed by atoms with Crippen molar-refractivity contribution < 1.29 is 9.59 Å². The van der Waals surface area contributed by atoms with E-state index < -0.39 is 0 Å². The molecule has 21 heavy (non-hydrogen) atoms. The van der Waals surface area contributed by atoms with Gasteiger partial charge in [0.25, 0.3) is 0 Å². The molecule has 0 saturated carbocycles. The average Bonchev–Trinajstić information content (AvgIpc) is 2.47. The van der Waals surface area contributed by atoms with Crippen molar-refractivity contribution in [1.29, 1.82) is 0 Å². The van der Waals surface area contributed by atoms with Gasteiger partial charge in [-0.25, -0.2) is 0 Å². The molecule has 0 unspecified atom stereocenters. The van der Waals surface area contributed by atoms with Gasteiger partial charge >= 0.3 is 0 Å². The zero-order valence-electron chi connectivity index (χ0n) is 12.1. The second kappa shape index (κ2) is 7.09. The summed E-state index contributed by atoms with van der Waals surface area (Å²) in [6.07, 6.45) is 0. The predicted octanol–water partition coefficient (Wildman–Crippen LogP) is 3.93. The van der Waals surface area contributed by atoms with E-state index in [0.717, 1.165) is 4.90 Å². The van der Waals surface area contributed by atoms with Gasteiger partial charge in [-0.2, -0.15) is 0 Å². The van der Waals surface area contributed by atoms with Gasteiger partial charge < -0.3 is 5.32 Å². The molecule has 0 radical (unpaired) electrons. The lowest BCUT2D eigenvalue weighted by Crippen LogP contribution is -2.14. The molecule has 0 aliphatic rings. The van der Waals surface area contributed by atoms with Gasteiger partial charge in [-0.15, -0.1) is 11.8 Å². The fourth-order valence-electron chi connectivity index (χ4n) is 1.85. The van der Waals surface area contributed by atoms with Gasteiger partial charge in [-0.05, 0) is 49.7 Å². The third kappa shape index (κ3) is 4.46. The zero-order chi connectivity index (χ0) is 15.2. The Morgan fingerprint density at radius 1 is 1.05 bits per heavy atom. The number of nitrogens with one attached hydrogen (secondary N) is 1. The van der Waals surface area contributed by atoms with Crippen molar-refractivity contribution in [3.63, 3.8) is 0 Å². The predicted molar refractivity (Wildman–Crippen MR) is 87.0 cm³/mol. The van der Waals surface area contributed by atoms with Gasteiger partial charge in [-0.3, -0.25) is 9.59 Å². The van der Waals surface area contributed by atoms with E-state index in [0.29, 0.717) is 17.0 Å². The molecule has 0 spiro atoms. The van der Waals surface area contributed by atoms with Crippen LogP contribution in [0.15, 0.2) is 53.4 Å². The molecule has 0 aliphatic heterocycles. The topological polar surface area (TPSA) is 46.2 Å². The van der Waals surface area contributed by atoms with Crippen LogP contribution in [0.3, 0.4) is 0 Å². The number of amides is 1. The van der Waals surface area contributed by atoms with Crippen molar-refractivity contribution in [1.82, 2.24) is 0 Å². The van der Waals surface area contributed by atoms with Crippen molar-refractivity contribution >= 4 is 29.1 Å². The van der Waals surface area contributed by atoms with Crippen molar-refractivity contribution in [2.75, 3.05) is 11.1 Å². The van der Waals surface area contributed by atoms with Crippen LogP contribution in [0.2, 0.25) is 0 Å². The Morgan fingerprint density at radius 3 is 2.33 bits per heavy atom. The first-order chi connectivity index (χ1) is 10.1. The number of carbonyl (C=O) groups excluding carboxylic acids is 2. The first-order valence-corrected chi connectivity index (χ1v) is 7.64. The molecule has 0 heterocycles. The molecule has 2 aromatic carbocycles. The van der Waals surface area contributed by atoms with E-state index in [1.807, 2.05) is 31.2 Å². The Labute approximate surface area is 128 Å². The number of carbonyl (C=O) groups is 2. The van der Waals surface area contributed by atoms with Crippen molar-refractivity contribution in [3.05, 3.63) is 59.7 Å². The van der Waals surface area contributed by atoms with Crippen LogP contribution in [0, 0.1) is 6.92 Å². The maximum absolute atomic E-state index is 11.9. The Morgan fingerprint density at radius 2 is 1.71 bits per heavy atom. The van der Waals surface area contributed by atoms with E-state index in [1.165, 1.54) is 24.2 Å². The largest absolute Gasteiger partial charge is 0.325 e. The third-order valence-electron chi connectivity index (χ3n) is 3.03. The summed E-state index contributed by atoms with van der Waals surface area (Å²) in [6.45, 7) is 3.55. The molecule has 0 atom stereocenters. The second-order valence-corrected chi connectivity index (χ2v) is 5.75. The number of thioether (sulfide) groups is 1. The maximum atomic E-state index is 11.9. The van der Waals surface area contributed by atoms with Crippen LogP contribution in [-0.4, -0.2) is 17.4 Å². The molecule has 1 amide bonds. The molecule has 0 fully saturated rings. The van der Waals surface area contributed by atoms with E-state index >= 15 is 0 Å². The number of hydrogen-bond donors (Lipinski definition) is 1. The first kappa shape index (κ1) is 15.3. The minimum atomic E-state index is -0.0566. The standard InChI is InChI=1S/C17H17NO2S/c1-12-5-3-4-6-16(12)21-11-17(20)18-15-9-7-14(8-10-15)13(2)19/h3-10H,11H2,1-2H3,(H,18,20). The number of rotatable bonds is 5. The highest BCUT2D eigenvalue weighted by atomic mass is 32.2. The van der Waals surface area contributed by atoms with Gasteiger partial charge in [0.05, 0.1) is 5.75 Å². The van der Waals surface area contributed by atoms with Crippen LogP contribution in [0.5, 0.6) is 0 Å². The second-order valence-electron chi connectivity index (χ2n) is 4.74. The molecule has 2 aromatic rings. The van der Waals surface area contributed by atoms with Gasteiger partial charge in [-0.1, -0.05) is 18.2 Å². The molecule has 108 valence electrons. The Kier molecular flexibility index (Phi) is 5.17. The number of Topliss-reactive ketones (excluding diaryl/α,β-unsaturated/α-hetero) is 1. The minimum Gasteiger partial charge on any atom is -0.325 e. The van der Waals surface area contributed by atoms with Crippen molar-refractivity contribution in [2.45, 2.75) is 18.7 Å². The normalized spacial score (nSPS) is 10.2. The molecule has 4 heteroatoms. The molecular formula is C17H17NO2S. The summed E-state index contributed by atoms with van der Waals surface area (Å²) in [5.74, 6) is 0.320. The molecular weight excluding hydrogens is 282 g/mol. The lowest BCUT2D eigenvalue weighted by Gasteiger charge is -2.07. The van der Waals surface area contributed by atoms with Gasteiger partial charge in [0, 0.05) is 16.1 Å². The lowest BCUT2D eigenvalue weighted by atomic mass is 10.1. The molecule has 0 aliphatic carbocycles.